The lowest BCUT2D eigenvalue weighted by atomic mass is 10.1. The van der Waals surface area contributed by atoms with Crippen molar-refractivity contribution in [2.75, 3.05) is 6.61 Å². The molecule has 0 aliphatic rings. The van der Waals surface area contributed by atoms with E-state index in [2.05, 4.69) is 49.4 Å². The highest BCUT2D eigenvalue weighted by Crippen LogP contribution is 2.30. The van der Waals surface area contributed by atoms with Gasteiger partial charge in [-0.1, -0.05) is 6.92 Å². The van der Waals surface area contributed by atoms with Crippen LogP contribution in [0.15, 0.2) is 11.2 Å². The Morgan fingerprint density at radius 2 is 2.19 bits per heavy atom. The van der Waals surface area contributed by atoms with Crippen LogP contribution in [0.5, 0.6) is 5.75 Å². The minimum atomic E-state index is 0.630. The standard InChI is InChI=1S/C12H16N2OS/c1-4-5-15-9-6-7(2)8(3)10-11(9)14-12(16)13-10/h6H,4-5H2,1-3H3,(H2,13,14,16). The molecule has 86 valence electrons. The van der Waals surface area contributed by atoms with Gasteiger partial charge < -0.3 is 9.72 Å². The van der Waals surface area contributed by atoms with E-state index in [1.807, 2.05) is 0 Å². The molecular formula is C12H16N2OS. The fourth-order valence-corrected chi connectivity index (χ4v) is 1.91. The first-order chi connectivity index (χ1) is 7.63. The Kier molecular flexibility index (Phi) is 3.10. The maximum absolute atomic E-state index is 5.71. The average Bonchev–Trinajstić information content (AvgIpc) is 2.64. The van der Waals surface area contributed by atoms with E-state index in [4.69, 9.17) is 4.74 Å². The number of aromatic amines is 1. The van der Waals surface area contributed by atoms with Gasteiger partial charge in [-0.3, -0.25) is 0 Å². The normalized spacial score (nSPS) is 11.0. The third-order valence-electron chi connectivity index (χ3n) is 2.69. The van der Waals surface area contributed by atoms with Gasteiger partial charge in [-0.25, -0.2) is 4.98 Å². The molecule has 1 aromatic carbocycles. The van der Waals surface area contributed by atoms with Gasteiger partial charge in [0.2, 0.25) is 0 Å². The van der Waals surface area contributed by atoms with Crippen molar-refractivity contribution in [1.82, 2.24) is 9.97 Å². The lowest BCUT2D eigenvalue weighted by Gasteiger charge is -2.08. The fraction of sp³-hybridized carbons (Fsp3) is 0.417. The number of nitrogens with one attached hydrogen (secondary N) is 1. The molecule has 2 aromatic rings. The summed E-state index contributed by atoms with van der Waals surface area (Å²) in [5, 5.41) is 0.630. The number of ether oxygens (including phenoxy) is 1. The lowest BCUT2D eigenvalue weighted by molar-refractivity contribution is 0.320. The second-order valence-electron chi connectivity index (χ2n) is 3.95. The van der Waals surface area contributed by atoms with E-state index < -0.39 is 0 Å². The second kappa shape index (κ2) is 4.37. The summed E-state index contributed by atoms with van der Waals surface area (Å²) in [5.41, 5.74) is 4.27. The largest absolute Gasteiger partial charge is 0.491 e. The number of hydrogen-bond donors (Lipinski definition) is 2. The molecule has 1 N–H and O–H groups in total. The number of hydrogen-bond acceptors (Lipinski definition) is 3. The van der Waals surface area contributed by atoms with Crippen LogP contribution in [0.1, 0.15) is 24.5 Å². The van der Waals surface area contributed by atoms with Crippen LogP contribution in [0.3, 0.4) is 0 Å². The van der Waals surface area contributed by atoms with E-state index in [1.165, 1.54) is 11.1 Å². The van der Waals surface area contributed by atoms with Gasteiger partial charge in [0.15, 0.2) is 5.16 Å². The van der Waals surface area contributed by atoms with Gasteiger partial charge >= 0.3 is 0 Å². The van der Waals surface area contributed by atoms with Crippen LogP contribution in [0.4, 0.5) is 0 Å². The SMILES string of the molecule is CCCOc1cc(C)c(C)c2nc(S)[nH]c12. The number of nitrogens with zero attached hydrogens (tertiary/aromatic N) is 1. The van der Waals surface area contributed by atoms with E-state index in [1.54, 1.807) is 0 Å². The Labute approximate surface area is 101 Å². The van der Waals surface area contributed by atoms with Crippen molar-refractivity contribution in [3.63, 3.8) is 0 Å². The first-order valence-corrected chi connectivity index (χ1v) is 5.90. The highest BCUT2D eigenvalue weighted by atomic mass is 32.1. The first-order valence-electron chi connectivity index (χ1n) is 5.45. The summed E-state index contributed by atoms with van der Waals surface area (Å²) >= 11 is 4.24. The minimum absolute atomic E-state index is 0.630. The molecule has 0 saturated carbocycles. The molecule has 0 radical (unpaired) electrons. The van der Waals surface area contributed by atoms with Crippen LogP contribution in [0, 0.1) is 13.8 Å². The summed E-state index contributed by atoms with van der Waals surface area (Å²) < 4.78 is 5.71. The summed E-state index contributed by atoms with van der Waals surface area (Å²) in [6.07, 6.45) is 0.996. The molecule has 3 nitrogen and oxygen atoms in total. The molecule has 0 atom stereocenters. The Hall–Kier alpha value is -1.16. The Morgan fingerprint density at radius 1 is 1.44 bits per heavy atom. The second-order valence-corrected chi connectivity index (χ2v) is 4.37. The van der Waals surface area contributed by atoms with Gasteiger partial charge in [0, 0.05) is 0 Å². The molecule has 2 rings (SSSR count). The van der Waals surface area contributed by atoms with Gasteiger partial charge in [0.1, 0.15) is 11.3 Å². The van der Waals surface area contributed by atoms with E-state index >= 15 is 0 Å². The number of H-pyrrole nitrogens is 1. The number of thiol groups is 1. The number of aromatic nitrogens is 2. The van der Waals surface area contributed by atoms with Crippen molar-refractivity contribution in [3.05, 3.63) is 17.2 Å². The number of imidazole rings is 1. The van der Waals surface area contributed by atoms with E-state index in [0.29, 0.717) is 5.16 Å². The van der Waals surface area contributed by atoms with Crippen molar-refractivity contribution >= 4 is 23.7 Å². The smallest absolute Gasteiger partial charge is 0.163 e. The average molecular weight is 236 g/mol. The summed E-state index contributed by atoms with van der Waals surface area (Å²) in [7, 11) is 0. The zero-order valence-corrected chi connectivity index (χ0v) is 10.7. The predicted octanol–water partition coefficient (Wildman–Crippen LogP) is 3.26. The molecule has 0 bridgehead atoms. The molecular weight excluding hydrogens is 220 g/mol. The summed E-state index contributed by atoms with van der Waals surface area (Å²) in [6.45, 7) is 6.95. The molecule has 0 spiro atoms. The number of aryl methyl sites for hydroxylation is 2. The lowest BCUT2D eigenvalue weighted by Crippen LogP contribution is -1.97. The van der Waals surface area contributed by atoms with Crippen molar-refractivity contribution in [2.24, 2.45) is 0 Å². The molecule has 0 saturated heterocycles. The molecule has 1 aromatic heterocycles. The predicted molar refractivity (Wildman–Crippen MR) is 68.6 cm³/mol. The summed E-state index contributed by atoms with van der Waals surface area (Å²) in [6, 6.07) is 2.05. The molecule has 16 heavy (non-hydrogen) atoms. The molecule has 1 heterocycles. The highest BCUT2D eigenvalue weighted by Gasteiger charge is 2.11. The van der Waals surface area contributed by atoms with Crippen molar-refractivity contribution in [3.8, 4) is 5.75 Å². The van der Waals surface area contributed by atoms with Crippen LogP contribution in [-0.4, -0.2) is 16.6 Å². The number of fused-ring (bicyclic) bond motifs is 1. The van der Waals surface area contributed by atoms with Crippen molar-refractivity contribution in [2.45, 2.75) is 32.3 Å². The topological polar surface area (TPSA) is 37.9 Å². The Balaban J connectivity index is 2.59. The van der Waals surface area contributed by atoms with Gasteiger partial charge in [0.25, 0.3) is 0 Å². The molecule has 0 fully saturated rings. The molecule has 0 amide bonds. The van der Waals surface area contributed by atoms with Gasteiger partial charge in [-0.2, -0.15) is 0 Å². The van der Waals surface area contributed by atoms with Gasteiger partial charge in [0.05, 0.1) is 12.1 Å². The number of rotatable bonds is 3. The maximum Gasteiger partial charge on any atom is 0.163 e. The Bertz CT molecular complexity index is 519. The van der Waals surface area contributed by atoms with Gasteiger partial charge in [-0.05, 0) is 37.5 Å². The van der Waals surface area contributed by atoms with E-state index in [0.717, 1.165) is 29.8 Å². The van der Waals surface area contributed by atoms with Gasteiger partial charge in [-0.15, -0.1) is 12.6 Å². The third kappa shape index (κ3) is 1.89. The Morgan fingerprint density at radius 3 is 2.88 bits per heavy atom. The zero-order chi connectivity index (χ0) is 11.7. The maximum atomic E-state index is 5.71. The monoisotopic (exact) mass is 236 g/mol. The zero-order valence-electron chi connectivity index (χ0n) is 9.79. The van der Waals surface area contributed by atoms with Crippen LogP contribution >= 0.6 is 12.6 Å². The molecule has 4 heteroatoms. The number of benzene rings is 1. The summed E-state index contributed by atoms with van der Waals surface area (Å²) in [5.74, 6) is 0.868. The quantitative estimate of drug-likeness (QED) is 0.803. The highest BCUT2D eigenvalue weighted by molar-refractivity contribution is 7.80. The molecule has 0 aliphatic carbocycles. The van der Waals surface area contributed by atoms with Crippen LogP contribution in [0.2, 0.25) is 0 Å². The van der Waals surface area contributed by atoms with Crippen molar-refractivity contribution in [1.29, 1.82) is 0 Å². The molecule has 0 aliphatic heterocycles. The van der Waals surface area contributed by atoms with E-state index in [9.17, 15) is 0 Å². The first kappa shape index (κ1) is 11.3. The van der Waals surface area contributed by atoms with E-state index in [-0.39, 0.29) is 0 Å². The third-order valence-corrected chi connectivity index (χ3v) is 2.91. The fourth-order valence-electron chi connectivity index (χ4n) is 1.70. The van der Waals surface area contributed by atoms with Crippen LogP contribution in [0.25, 0.3) is 11.0 Å². The minimum Gasteiger partial charge on any atom is -0.491 e. The van der Waals surface area contributed by atoms with Crippen LogP contribution < -0.4 is 4.74 Å². The molecule has 0 unspecified atom stereocenters. The van der Waals surface area contributed by atoms with Crippen molar-refractivity contribution < 1.29 is 4.74 Å². The van der Waals surface area contributed by atoms with Crippen LogP contribution in [-0.2, 0) is 0 Å². The summed E-state index contributed by atoms with van der Waals surface area (Å²) in [4.78, 5) is 7.50.